The Labute approximate surface area is 124 Å². The molecule has 3 aromatic rings. The molecule has 1 aromatic carbocycles. The molecule has 1 unspecified atom stereocenters. The van der Waals surface area contributed by atoms with Crippen LogP contribution in [-0.4, -0.2) is 15.6 Å². The van der Waals surface area contributed by atoms with Crippen LogP contribution in [0.25, 0.3) is 5.69 Å². The third-order valence-corrected chi connectivity index (χ3v) is 3.47. The van der Waals surface area contributed by atoms with Gasteiger partial charge in [-0.3, -0.25) is 0 Å². The topological polar surface area (TPSA) is 43.0 Å². The van der Waals surface area contributed by atoms with Crippen LogP contribution in [0, 0.1) is 0 Å². The standard InChI is InChI=1S/C17H19N3O/c1-14(7-8-17-6-3-11-21-17)19-15-4-2-5-16(12-15)20-10-9-18-13-20/h2-6,9-14,19H,7-8H2,1H3. The number of hydrogen-bond donors (Lipinski definition) is 1. The molecule has 1 N–H and O–H groups in total. The first-order valence-corrected chi connectivity index (χ1v) is 7.18. The summed E-state index contributed by atoms with van der Waals surface area (Å²) in [5.74, 6) is 1.04. The van der Waals surface area contributed by atoms with Crippen LogP contribution in [0.15, 0.2) is 65.8 Å². The van der Waals surface area contributed by atoms with Crippen molar-refractivity contribution < 1.29 is 4.42 Å². The van der Waals surface area contributed by atoms with E-state index in [1.165, 1.54) is 0 Å². The van der Waals surface area contributed by atoms with Crippen molar-refractivity contribution in [1.29, 1.82) is 0 Å². The zero-order chi connectivity index (χ0) is 14.5. The summed E-state index contributed by atoms with van der Waals surface area (Å²) in [6, 6.07) is 12.7. The minimum atomic E-state index is 0.383. The lowest BCUT2D eigenvalue weighted by molar-refractivity contribution is 0.495. The lowest BCUT2D eigenvalue weighted by Gasteiger charge is -2.15. The van der Waals surface area contributed by atoms with Crippen molar-refractivity contribution in [2.75, 3.05) is 5.32 Å². The number of aryl methyl sites for hydroxylation is 1. The van der Waals surface area contributed by atoms with E-state index in [-0.39, 0.29) is 0 Å². The summed E-state index contributed by atoms with van der Waals surface area (Å²) in [6.45, 7) is 2.19. The zero-order valence-electron chi connectivity index (χ0n) is 12.1. The van der Waals surface area contributed by atoms with Crippen LogP contribution in [0.2, 0.25) is 0 Å². The Bertz CT molecular complexity index is 659. The van der Waals surface area contributed by atoms with E-state index in [1.54, 1.807) is 18.8 Å². The highest BCUT2D eigenvalue weighted by atomic mass is 16.3. The molecule has 0 saturated heterocycles. The van der Waals surface area contributed by atoms with Crippen molar-refractivity contribution in [2.24, 2.45) is 0 Å². The molecule has 3 rings (SSSR count). The van der Waals surface area contributed by atoms with E-state index in [0.29, 0.717) is 6.04 Å². The van der Waals surface area contributed by atoms with Gasteiger partial charge < -0.3 is 14.3 Å². The Morgan fingerprint density at radius 1 is 1.29 bits per heavy atom. The van der Waals surface area contributed by atoms with Crippen LogP contribution in [0.3, 0.4) is 0 Å². The molecule has 108 valence electrons. The molecular weight excluding hydrogens is 262 g/mol. The lowest BCUT2D eigenvalue weighted by atomic mass is 10.1. The van der Waals surface area contributed by atoms with Gasteiger partial charge in [0.1, 0.15) is 5.76 Å². The van der Waals surface area contributed by atoms with E-state index >= 15 is 0 Å². The second kappa shape index (κ2) is 6.31. The fourth-order valence-electron chi connectivity index (χ4n) is 2.34. The number of hydrogen-bond acceptors (Lipinski definition) is 3. The maximum Gasteiger partial charge on any atom is 0.103 e. The zero-order valence-corrected chi connectivity index (χ0v) is 12.1. The number of anilines is 1. The van der Waals surface area contributed by atoms with Gasteiger partial charge in [-0.15, -0.1) is 0 Å². The average Bonchev–Trinajstić information content (AvgIpc) is 3.19. The molecule has 0 spiro atoms. The number of nitrogens with one attached hydrogen (secondary N) is 1. The van der Waals surface area contributed by atoms with Gasteiger partial charge in [0.05, 0.1) is 12.6 Å². The molecule has 4 nitrogen and oxygen atoms in total. The summed E-state index contributed by atoms with van der Waals surface area (Å²) in [4.78, 5) is 4.08. The highest BCUT2D eigenvalue weighted by Gasteiger charge is 2.05. The monoisotopic (exact) mass is 281 g/mol. The smallest absolute Gasteiger partial charge is 0.103 e. The highest BCUT2D eigenvalue weighted by molar-refractivity contribution is 5.51. The van der Waals surface area contributed by atoms with Crippen molar-refractivity contribution >= 4 is 5.69 Å². The van der Waals surface area contributed by atoms with Crippen molar-refractivity contribution in [2.45, 2.75) is 25.8 Å². The number of aromatic nitrogens is 2. The van der Waals surface area contributed by atoms with Crippen LogP contribution in [-0.2, 0) is 6.42 Å². The van der Waals surface area contributed by atoms with E-state index in [1.807, 2.05) is 22.9 Å². The SMILES string of the molecule is CC(CCc1ccco1)Nc1cccc(-n2ccnc2)c1. The minimum Gasteiger partial charge on any atom is -0.469 e. The van der Waals surface area contributed by atoms with E-state index < -0.39 is 0 Å². The third-order valence-electron chi connectivity index (χ3n) is 3.47. The Balaban J connectivity index is 1.60. The van der Waals surface area contributed by atoms with Crippen LogP contribution in [0.5, 0.6) is 0 Å². The van der Waals surface area contributed by atoms with Gasteiger partial charge in [0.2, 0.25) is 0 Å². The van der Waals surface area contributed by atoms with Crippen molar-refractivity contribution in [3.63, 3.8) is 0 Å². The van der Waals surface area contributed by atoms with Gasteiger partial charge in [-0.1, -0.05) is 6.07 Å². The highest BCUT2D eigenvalue weighted by Crippen LogP contribution is 2.16. The third kappa shape index (κ3) is 3.54. The molecule has 0 saturated carbocycles. The molecule has 0 aliphatic carbocycles. The average molecular weight is 281 g/mol. The predicted octanol–water partition coefficient (Wildman–Crippen LogP) is 3.90. The van der Waals surface area contributed by atoms with Gasteiger partial charge >= 0.3 is 0 Å². The van der Waals surface area contributed by atoms with E-state index in [0.717, 1.165) is 30.0 Å². The van der Waals surface area contributed by atoms with E-state index in [4.69, 9.17) is 4.42 Å². The quantitative estimate of drug-likeness (QED) is 0.745. The minimum absolute atomic E-state index is 0.383. The maximum absolute atomic E-state index is 5.36. The first-order chi connectivity index (χ1) is 10.3. The molecule has 0 radical (unpaired) electrons. The molecular formula is C17H19N3O. The Morgan fingerprint density at radius 3 is 3.00 bits per heavy atom. The number of furan rings is 1. The van der Waals surface area contributed by atoms with Gasteiger partial charge in [0.25, 0.3) is 0 Å². The summed E-state index contributed by atoms with van der Waals surface area (Å²) in [7, 11) is 0. The lowest BCUT2D eigenvalue weighted by Crippen LogP contribution is -2.16. The van der Waals surface area contributed by atoms with Gasteiger partial charge in [0, 0.05) is 36.2 Å². The Kier molecular flexibility index (Phi) is 4.05. The Morgan fingerprint density at radius 2 is 2.24 bits per heavy atom. The molecule has 0 aliphatic rings. The molecule has 21 heavy (non-hydrogen) atoms. The summed E-state index contributed by atoms with van der Waals surface area (Å²) in [6.07, 6.45) is 9.23. The molecule has 0 fully saturated rings. The molecule has 4 heteroatoms. The first-order valence-electron chi connectivity index (χ1n) is 7.18. The summed E-state index contributed by atoms with van der Waals surface area (Å²) in [5, 5.41) is 3.53. The summed E-state index contributed by atoms with van der Waals surface area (Å²) < 4.78 is 7.36. The number of imidazole rings is 1. The first kappa shape index (κ1) is 13.5. The van der Waals surface area contributed by atoms with Gasteiger partial charge in [-0.2, -0.15) is 0 Å². The van der Waals surface area contributed by atoms with Gasteiger partial charge in [-0.25, -0.2) is 4.98 Å². The second-order valence-electron chi connectivity index (χ2n) is 5.18. The fraction of sp³-hybridized carbons (Fsp3) is 0.235. The maximum atomic E-state index is 5.36. The molecule has 1 atom stereocenters. The largest absolute Gasteiger partial charge is 0.469 e. The van der Waals surface area contributed by atoms with Crippen LogP contribution >= 0.6 is 0 Å². The van der Waals surface area contributed by atoms with Crippen molar-refractivity contribution in [3.05, 3.63) is 67.1 Å². The molecule has 0 bridgehead atoms. The van der Waals surface area contributed by atoms with Gasteiger partial charge in [0.15, 0.2) is 0 Å². The normalized spacial score (nSPS) is 12.2. The Hall–Kier alpha value is -2.49. The van der Waals surface area contributed by atoms with Gasteiger partial charge in [-0.05, 0) is 43.7 Å². The molecule has 2 aromatic heterocycles. The molecule has 0 aliphatic heterocycles. The van der Waals surface area contributed by atoms with Crippen LogP contribution in [0.4, 0.5) is 5.69 Å². The number of benzene rings is 1. The van der Waals surface area contributed by atoms with E-state index in [9.17, 15) is 0 Å². The predicted molar refractivity (Wildman–Crippen MR) is 83.7 cm³/mol. The summed E-state index contributed by atoms with van der Waals surface area (Å²) >= 11 is 0. The second-order valence-corrected chi connectivity index (χ2v) is 5.18. The molecule has 0 amide bonds. The van der Waals surface area contributed by atoms with Crippen molar-refractivity contribution in [3.8, 4) is 5.69 Å². The number of rotatable bonds is 6. The van der Waals surface area contributed by atoms with E-state index in [2.05, 4.69) is 41.5 Å². The fourth-order valence-corrected chi connectivity index (χ4v) is 2.34. The summed E-state index contributed by atoms with van der Waals surface area (Å²) in [5.41, 5.74) is 2.23. The van der Waals surface area contributed by atoms with Crippen LogP contribution in [0.1, 0.15) is 19.1 Å². The van der Waals surface area contributed by atoms with Crippen LogP contribution < -0.4 is 5.32 Å². The molecule has 2 heterocycles. The van der Waals surface area contributed by atoms with Crippen molar-refractivity contribution in [1.82, 2.24) is 9.55 Å². The number of nitrogens with zero attached hydrogens (tertiary/aromatic N) is 2.